The molecule has 1 saturated heterocycles. The molecule has 0 spiro atoms. The second-order valence-electron chi connectivity index (χ2n) is 7.08. The molecule has 168 valence electrons. The van der Waals surface area contributed by atoms with Gasteiger partial charge in [0, 0.05) is 19.8 Å². The predicted molar refractivity (Wildman–Crippen MR) is 99.3 cm³/mol. The first-order chi connectivity index (χ1) is 14.8. The normalized spacial score (nSPS) is 15.6. The molecule has 2 aromatic heterocycles. The van der Waals surface area contributed by atoms with Crippen molar-refractivity contribution in [2.24, 2.45) is 0 Å². The van der Waals surface area contributed by atoms with Crippen molar-refractivity contribution in [2.45, 2.75) is 37.6 Å². The van der Waals surface area contributed by atoms with Crippen molar-refractivity contribution >= 4 is 11.8 Å². The number of nitrogens with zero attached hydrogens (tertiary/aromatic N) is 2. The van der Waals surface area contributed by atoms with Crippen LogP contribution in [0.25, 0.3) is 0 Å². The minimum Gasteiger partial charge on any atom is -0.493 e. The highest BCUT2D eigenvalue weighted by Gasteiger charge is 2.35. The summed E-state index contributed by atoms with van der Waals surface area (Å²) in [5, 5.41) is 15.1. The fourth-order valence-corrected chi connectivity index (χ4v) is 3.19. The van der Waals surface area contributed by atoms with Crippen LogP contribution in [0.5, 0.6) is 5.88 Å². The van der Waals surface area contributed by atoms with E-state index in [2.05, 4.69) is 30.0 Å². The lowest BCUT2D eigenvalue weighted by Gasteiger charge is -2.38. The van der Waals surface area contributed by atoms with Gasteiger partial charge in [-0.3, -0.25) is 14.4 Å². The molecular weight excluding hydrogens is 420 g/mol. The van der Waals surface area contributed by atoms with Gasteiger partial charge in [0.05, 0.1) is 36.0 Å². The van der Waals surface area contributed by atoms with Crippen molar-refractivity contribution < 1.29 is 32.6 Å². The van der Waals surface area contributed by atoms with E-state index in [0.29, 0.717) is 26.1 Å². The summed E-state index contributed by atoms with van der Waals surface area (Å²) in [6, 6.07) is 0. The number of oxazole rings is 1. The number of aromatic amines is 1. The van der Waals surface area contributed by atoms with Crippen molar-refractivity contribution in [1.82, 2.24) is 25.6 Å². The molecule has 4 N–H and O–H groups in total. The van der Waals surface area contributed by atoms with Crippen LogP contribution in [0.4, 0.5) is 8.78 Å². The highest BCUT2D eigenvalue weighted by molar-refractivity contribution is 5.80. The topological polar surface area (TPSA) is 159 Å². The number of aromatic hydroxyl groups is 1. The number of H-pyrrole nitrogens is 1. The summed E-state index contributed by atoms with van der Waals surface area (Å²) in [7, 11) is 0. The number of rotatable bonds is 8. The number of carbonyl (C=O) groups excluding carboxylic acids is 2. The predicted octanol–water partition coefficient (Wildman–Crippen LogP) is -0.0321. The summed E-state index contributed by atoms with van der Waals surface area (Å²) in [4.78, 5) is 45.9. The number of hydrogen-bond acceptors (Lipinski definition) is 8. The van der Waals surface area contributed by atoms with Gasteiger partial charge in [-0.2, -0.15) is 8.78 Å². The molecule has 1 aliphatic rings. The molecule has 13 heteroatoms. The molecule has 0 unspecified atom stereocenters. The van der Waals surface area contributed by atoms with Crippen LogP contribution in [0.2, 0.25) is 0 Å². The van der Waals surface area contributed by atoms with Crippen LogP contribution >= 0.6 is 0 Å². The lowest BCUT2D eigenvalue weighted by Crippen LogP contribution is -2.58. The SMILES string of the molecule is O=C(Cc1c(O)nc[nH]c1=O)NCC1(NC(=O)Cc2coc(C(F)F)n2)CCOCC1. The Kier molecular flexibility index (Phi) is 6.95. The first kappa shape index (κ1) is 22.3. The van der Waals surface area contributed by atoms with E-state index in [1.165, 1.54) is 0 Å². The standard InChI is InChI=1S/C18H21F2N5O6/c19-14(20)17-24-10(7-31-17)5-13(27)25-18(1-3-30-4-2-18)8-21-12(26)6-11-15(28)22-9-23-16(11)29/h7,9,14H,1-6,8H2,(H,21,26)(H,25,27)(H2,22,23,28,29). The molecule has 0 aromatic carbocycles. The Hall–Kier alpha value is -3.35. The van der Waals surface area contributed by atoms with Gasteiger partial charge < -0.3 is 29.9 Å². The third kappa shape index (κ3) is 5.84. The van der Waals surface area contributed by atoms with Crippen molar-refractivity contribution in [2.75, 3.05) is 19.8 Å². The van der Waals surface area contributed by atoms with Crippen molar-refractivity contribution in [3.8, 4) is 5.88 Å². The van der Waals surface area contributed by atoms with Crippen molar-refractivity contribution in [3.63, 3.8) is 0 Å². The Morgan fingerprint density at radius 3 is 2.65 bits per heavy atom. The average molecular weight is 441 g/mol. The Morgan fingerprint density at radius 1 is 1.26 bits per heavy atom. The van der Waals surface area contributed by atoms with Crippen LogP contribution in [-0.2, 0) is 27.2 Å². The van der Waals surface area contributed by atoms with E-state index >= 15 is 0 Å². The van der Waals surface area contributed by atoms with E-state index in [1.54, 1.807) is 0 Å². The maximum Gasteiger partial charge on any atom is 0.313 e. The summed E-state index contributed by atoms with van der Waals surface area (Å²) in [6.45, 7) is 0.734. The number of alkyl halides is 2. The number of carbonyl (C=O) groups is 2. The zero-order chi connectivity index (χ0) is 22.4. The van der Waals surface area contributed by atoms with Gasteiger partial charge in [-0.15, -0.1) is 0 Å². The summed E-state index contributed by atoms with van der Waals surface area (Å²) < 4.78 is 35.1. The zero-order valence-electron chi connectivity index (χ0n) is 16.3. The molecule has 3 heterocycles. The molecule has 0 bridgehead atoms. The van der Waals surface area contributed by atoms with E-state index in [-0.39, 0.29) is 24.2 Å². The van der Waals surface area contributed by atoms with Crippen molar-refractivity contribution in [3.05, 3.63) is 40.1 Å². The van der Waals surface area contributed by atoms with Gasteiger partial charge in [-0.25, -0.2) is 9.97 Å². The lowest BCUT2D eigenvalue weighted by atomic mass is 9.89. The first-order valence-electron chi connectivity index (χ1n) is 9.41. The van der Waals surface area contributed by atoms with Crippen LogP contribution in [0.1, 0.15) is 36.4 Å². The molecule has 0 atom stereocenters. The lowest BCUT2D eigenvalue weighted by molar-refractivity contribution is -0.125. The molecule has 1 fully saturated rings. The maximum absolute atomic E-state index is 12.6. The van der Waals surface area contributed by atoms with Crippen LogP contribution in [-0.4, -0.2) is 57.2 Å². The van der Waals surface area contributed by atoms with Crippen LogP contribution < -0.4 is 16.2 Å². The highest BCUT2D eigenvalue weighted by Crippen LogP contribution is 2.21. The highest BCUT2D eigenvalue weighted by atomic mass is 19.3. The molecule has 31 heavy (non-hydrogen) atoms. The Balaban J connectivity index is 1.61. The molecule has 0 saturated carbocycles. The van der Waals surface area contributed by atoms with Crippen LogP contribution in [0.15, 0.2) is 21.8 Å². The first-order valence-corrected chi connectivity index (χ1v) is 9.41. The Labute approximate surface area is 174 Å². The van der Waals surface area contributed by atoms with Crippen LogP contribution in [0, 0.1) is 0 Å². The number of ether oxygens (including phenoxy) is 1. The summed E-state index contributed by atoms with van der Waals surface area (Å²) in [5.74, 6) is -2.33. The number of nitrogens with one attached hydrogen (secondary N) is 3. The van der Waals surface area contributed by atoms with Gasteiger partial charge in [0.1, 0.15) is 6.26 Å². The van der Waals surface area contributed by atoms with E-state index in [9.17, 15) is 28.3 Å². The molecule has 2 amide bonds. The van der Waals surface area contributed by atoms with E-state index in [0.717, 1.165) is 12.6 Å². The monoisotopic (exact) mass is 441 g/mol. The molecule has 2 aromatic rings. The Morgan fingerprint density at radius 2 is 2.00 bits per heavy atom. The number of halogens is 2. The fraction of sp³-hybridized carbons (Fsp3) is 0.500. The minimum atomic E-state index is -2.87. The van der Waals surface area contributed by atoms with Crippen LogP contribution in [0.3, 0.4) is 0 Å². The molecular formula is C18H21F2N5O6. The van der Waals surface area contributed by atoms with Gasteiger partial charge in [-0.1, -0.05) is 0 Å². The summed E-state index contributed by atoms with van der Waals surface area (Å²) in [6.07, 6.45) is -0.725. The largest absolute Gasteiger partial charge is 0.493 e. The molecule has 1 aliphatic heterocycles. The maximum atomic E-state index is 12.6. The molecule has 0 aliphatic carbocycles. The smallest absolute Gasteiger partial charge is 0.313 e. The third-order valence-corrected chi connectivity index (χ3v) is 4.84. The minimum absolute atomic E-state index is 0.0426. The average Bonchev–Trinajstić information content (AvgIpc) is 3.19. The Bertz CT molecular complexity index is 986. The third-order valence-electron chi connectivity index (χ3n) is 4.84. The number of amides is 2. The van der Waals surface area contributed by atoms with Gasteiger partial charge in [0.15, 0.2) is 0 Å². The quantitative estimate of drug-likeness (QED) is 0.444. The fourth-order valence-electron chi connectivity index (χ4n) is 3.19. The zero-order valence-corrected chi connectivity index (χ0v) is 16.3. The second kappa shape index (κ2) is 9.64. The van der Waals surface area contributed by atoms with E-state index < -0.39 is 47.5 Å². The number of hydrogen-bond donors (Lipinski definition) is 4. The van der Waals surface area contributed by atoms with Gasteiger partial charge in [0.2, 0.25) is 17.7 Å². The number of aromatic nitrogens is 3. The molecule has 11 nitrogen and oxygen atoms in total. The second-order valence-corrected chi connectivity index (χ2v) is 7.08. The van der Waals surface area contributed by atoms with Crippen molar-refractivity contribution in [1.29, 1.82) is 0 Å². The molecule has 0 radical (unpaired) electrons. The van der Waals surface area contributed by atoms with E-state index in [4.69, 9.17) is 4.74 Å². The van der Waals surface area contributed by atoms with Gasteiger partial charge in [0.25, 0.3) is 11.4 Å². The summed E-state index contributed by atoms with van der Waals surface area (Å²) in [5.41, 5.74) is -1.58. The molecule has 3 rings (SSSR count). The summed E-state index contributed by atoms with van der Waals surface area (Å²) >= 11 is 0. The van der Waals surface area contributed by atoms with Gasteiger partial charge >= 0.3 is 6.43 Å². The van der Waals surface area contributed by atoms with E-state index in [1.807, 2.05) is 0 Å². The van der Waals surface area contributed by atoms with Gasteiger partial charge in [-0.05, 0) is 12.8 Å².